The number of benzene rings is 2. The standard InChI is InChI=1S/C19H18N4S/c24-19-21-13-22(12-15-5-4-10-20-11-15)14-23(19)18-9-3-7-16-6-1-2-8-17(16)18/h1-11H,12-14H2,(H,21,24)/p+1. The van der Waals surface area contributed by atoms with Crippen LogP contribution in [0.25, 0.3) is 10.8 Å². The van der Waals surface area contributed by atoms with Crippen molar-refractivity contribution in [1.82, 2.24) is 10.3 Å². The van der Waals surface area contributed by atoms with Gasteiger partial charge in [-0.15, -0.1) is 0 Å². The number of nitrogens with zero attached hydrogens (tertiary/aromatic N) is 2. The Bertz CT molecular complexity index is 860. The van der Waals surface area contributed by atoms with E-state index in [1.807, 2.05) is 18.5 Å². The maximum atomic E-state index is 5.58. The Morgan fingerprint density at radius 2 is 1.96 bits per heavy atom. The van der Waals surface area contributed by atoms with Crippen LogP contribution in [0.3, 0.4) is 0 Å². The van der Waals surface area contributed by atoms with Gasteiger partial charge in [0.1, 0.15) is 6.54 Å². The van der Waals surface area contributed by atoms with Crippen LogP contribution in [0.1, 0.15) is 5.56 Å². The van der Waals surface area contributed by atoms with Crippen molar-refractivity contribution in [1.29, 1.82) is 0 Å². The zero-order valence-electron chi connectivity index (χ0n) is 13.3. The number of nitrogens with one attached hydrogen (secondary N) is 2. The van der Waals surface area contributed by atoms with Crippen LogP contribution in [-0.2, 0) is 6.54 Å². The molecule has 24 heavy (non-hydrogen) atoms. The van der Waals surface area contributed by atoms with Gasteiger partial charge < -0.3 is 5.32 Å². The molecule has 0 aliphatic carbocycles. The molecule has 1 saturated heterocycles. The number of pyridine rings is 1. The van der Waals surface area contributed by atoms with E-state index >= 15 is 0 Å². The smallest absolute Gasteiger partial charge is 0.182 e. The lowest BCUT2D eigenvalue weighted by molar-refractivity contribution is -0.916. The lowest BCUT2D eigenvalue weighted by atomic mass is 10.1. The number of hydrogen-bond donors (Lipinski definition) is 2. The van der Waals surface area contributed by atoms with E-state index in [4.69, 9.17) is 12.2 Å². The molecule has 0 radical (unpaired) electrons. The van der Waals surface area contributed by atoms with Crippen molar-refractivity contribution in [3.05, 3.63) is 72.6 Å². The largest absolute Gasteiger partial charge is 0.315 e. The summed E-state index contributed by atoms with van der Waals surface area (Å²) in [5.74, 6) is 0. The van der Waals surface area contributed by atoms with Gasteiger partial charge in [-0.05, 0) is 29.7 Å². The first kappa shape index (κ1) is 15.1. The summed E-state index contributed by atoms with van der Waals surface area (Å²) in [4.78, 5) is 7.82. The number of hydrogen-bond acceptors (Lipinski definition) is 2. The van der Waals surface area contributed by atoms with Gasteiger partial charge in [0, 0.05) is 23.3 Å². The number of anilines is 1. The molecule has 5 heteroatoms. The van der Waals surface area contributed by atoms with Crippen LogP contribution in [0.2, 0.25) is 0 Å². The van der Waals surface area contributed by atoms with E-state index in [0.29, 0.717) is 0 Å². The Morgan fingerprint density at radius 3 is 2.83 bits per heavy atom. The fraction of sp³-hybridized carbons (Fsp3) is 0.158. The van der Waals surface area contributed by atoms with Crippen LogP contribution in [0, 0.1) is 0 Å². The first-order chi connectivity index (χ1) is 11.8. The van der Waals surface area contributed by atoms with Gasteiger partial charge in [0.05, 0.1) is 5.69 Å². The van der Waals surface area contributed by atoms with Crippen molar-refractivity contribution in [2.24, 2.45) is 0 Å². The monoisotopic (exact) mass is 335 g/mol. The van der Waals surface area contributed by atoms with Crippen molar-refractivity contribution in [3.63, 3.8) is 0 Å². The quantitative estimate of drug-likeness (QED) is 0.717. The minimum Gasteiger partial charge on any atom is -0.315 e. The third-order valence-corrected chi connectivity index (χ3v) is 4.72. The van der Waals surface area contributed by atoms with Crippen molar-refractivity contribution < 1.29 is 4.90 Å². The molecule has 1 atom stereocenters. The van der Waals surface area contributed by atoms with Gasteiger partial charge in [0.15, 0.2) is 18.4 Å². The summed E-state index contributed by atoms with van der Waals surface area (Å²) in [6.07, 6.45) is 3.74. The second-order valence-corrected chi connectivity index (χ2v) is 6.42. The van der Waals surface area contributed by atoms with Crippen LogP contribution >= 0.6 is 12.2 Å². The molecule has 1 aliphatic rings. The zero-order valence-corrected chi connectivity index (χ0v) is 14.1. The first-order valence-electron chi connectivity index (χ1n) is 8.07. The molecule has 4 rings (SSSR count). The molecule has 0 spiro atoms. The highest BCUT2D eigenvalue weighted by molar-refractivity contribution is 7.80. The fourth-order valence-electron chi connectivity index (χ4n) is 3.20. The molecule has 2 aromatic carbocycles. The van der Waals surface area contributed by atoms with Crippen LogP contribution in [-0.4, -0.2) is 23.4 Å². The number of thiocarbonyl (C=S) groups is 1. The van der Waals surface area contributed by atoms with Gasteiger partial charge in [-0.25, -0.2) is 0 Å². The summed E-state index contributed by atoms with van der Waals surface area (Å²) in [6.45, 7) is 2.59. The molecule has 1 aliphatic heterocycles. The van der Waals surface area contributed by atoms with E-state index in [2.05, 4.69) is 63.7 Å². The van der Waals surface area contributed by atoms with Crippen LogP contribution < -0.4 is 15.1 Å². The van der Waals surface area contributed by atoms with E-state index in [9.17, 15) is 0 Å². The average Bonchev–Trinajstić information content (AvgIpc) is 2.64. The Labute approximate surface area is 146 Å². The Kier molecular flexibility index (Phi) is 4.11. The predicted molar refractivity (Wildman–Crippen MR) is 101 cm³/mol. The average molecular weight is 335 g/mol. The second kappa shape index (κ2) is 6.55. The Hall–Kier alpha value is -2.50. The third kappa shape index (κ3) is 2.96. The molecular weight excluding hydrogens is 316 g/mol. The van der Waals surface area contributed by atoms with Gasteiger partial charge in [-0.1, -0.05) is 42.5 Å². The highest BCUT2D eigenvalue weighted by Crippen LogP contribution is 2.26. The summed E-state index contributed by atoms with van der Waals surface area (Å²) >= 11 is 5.58. The van der Waals surface area contributed by atoms with Gasteiger partial charge in [-0.3, -0.25) is 14.8 Å². The molecule has 0 amide bonds. The Balaban J connectivity index is 1.62. The lowest BCUT2D eigenvalue weighted by Crippen LogP contribution is -3.16. The maximum absolute atomic E-state index is 5.58. The normalized spacial score (nSPS) is 17.8. The number of quaternary nitrogens is 1. The van der Waals surface area contributed by atoms with Crippen LogP contribution in [0.15, 0.2) is 67.0 Å². The molecule has 2 N–H and O–H groups in total. The fourth-order valence-corrected chi connectivity index (χ4v) is 3.43. The van der Waals surface area contributed by atoms with Crippen molar-refractivity contribution >= 4 is 33.8 Å². The highest BCUT2D eigenvalue weighted by atomic mass is 32.1. The number of rotatable bonds is 3. The first-order valence-corrected chi connectivity index (χ1v) is 8.48. The molecular formula is C19H19N4S+. The van der Waals surface area contributed by atoms with Crippen LogP contribution in [0.4, 0.5) is 5.69 Å². The molecule has 1 aromatic heterocycles. The topological polar surface area (TPSA) is 32.6 Å². The van der Waals surface area contributed by atoms with Gasteiger partial charge in [0.25, 0.3) is 0 Å². The molecule has 120 valence electrons. The molecule has 0 saturated carbocycles. The molecule has 1 fully saturated rings. The van der Waals surface area contributed by atoms with E-state index in [1.165, 1.54) is 21.2 Å². The summed E-state index contributed by atoms with van der Waals surface area (Å²) in [5, 5.41) is 6.62. The number of fused-ring (bicyclic) bond motifs is 1. The highest BCUT2D eigenvalue weighted by Gasteiger charge is 2.25. The molecule has 0 bridgehead atoms. The summed E-state index contributed by atoms with van der Waals surface area (Å²) in [6, 6.07) is 18.9. The lowest BCUT2D eigenvalue weighted by Gasteiger charge is -2.35. The number of aromatic nitrogens is 1. The van der Waals surface area contributed by atoms with E-state index in [1.54, 1.807) is 0 Å². The van der Waals surface area contributed by atoms with Gasteiger partial charge in [0.2, 0.25) is 0 Å². The molecule has 1 unspecified atom stereocenters. The summed E-state index contributed by atoms with van der Waals surface area (Å²) in [7, 11) is 0. The second-order valence-electron chi connectivity index (χ2n) is 6.03. The van der Waals surface area contributed by atoms with E-state index in [-0.39, 0.29) is 0 Å². The SMILES string of the molecule is S=C1NC[NH+](Cc2cccnc2)CN1c1cccc2ccccc12. The third-order valence-electron chi connectivity index (χ3n) is 4.35. The molecule has 3 aromatic rings. The minimum absolute atomic E-state index is 0.793. The molecule has 4 nitrogen and oxygen atoms in total. The van der Waals surface area contributed by atoms with Gasteiger partial charge >= 0.3 is 0 Å². The summed E-state index contributed by atoms with van der Waals surface area (Å²) < 4.78 is 0. The van der Waals surface area contributed by atoms with Crippen LogP contribution in [0.5, 0.6) is 0 Å². The summed E-state index contributed by atoms with van der Waals surface area (Å²) in [5.41, 5.74) is 2.40. The Morgan fingerprint density at radius 1 is 1.08 bits per heavy atom. The van der Waals surface area contributed by atoms with Crippen molar-refractivity contribution in [3.8, 4) is 0 Å². The maximum Gasteiger partial charge on any atom is 0.182 e. The van der Waals surface area contributed by atoms with Crippen molar-refractivity contribution in [2.75, 3.05) is 18.2 Å². The molecule has 2 heterocycles. The predicted octanol–water partition coefficient (Wildman–Crippen LogP) is 1.93. The zero-order chi connectivity index (χ0) is 16.4. The van der Waals surface area contributed by atoms with Crippen molar-refractivity contribution in [2.45, 2.75) is 6.54 Å². The van der Waals surface area contributed by atoms with Gasteiger partial charge in [-0.2, -0.15) is 0 Å². The van der Waals surface area contributed by atoms with E-state index < -0.39 is 0 Å². The minimum atomic E-state index is 0.793. The van der Waals surface area contributed by atoms with E-state index in [0.717, 1.165) is 30.7 Å².